The van der Waals surface area contributed by atoms with E-state index < -0.39 is 0 Å². The van der Waals surface area contributed by atoms with Gasteiger partial charge < -0.3 is 30.3 Å². The first kappa shape index (κ1) is 34.5. The van der Waals surface area contributed by atoms with Crippen LogP contribution in [0.4, 0.5) is 0 Å². The average Bonchev–Trinajstić information content (AvgIpc) is 2.94. The molecule has 0 bridgehead atoms. The molecule has 3 N–H and O–H groups in total. The zero-order valence-electron chi connectivity index (χ0n) is 26.2. The van der Waals surface area contributed by atoms with E-state index >= 15 is 0 Å². The minimum absolute atomic E-state index is 0.0177. The van der Waals surface area contributed by atoms with Gasteiger partial charge in [0.15, 0.2) is 0 Å². The second kappa shape index (κ2) is 17.9. The summed E-state index contributed by atoms with van der Waals surface area (Å²) in [5, 5.41) is 8.80. The molecule has 2 aliphatic heterocycles. The molecule has 0 unspecified atom stereocenters. The summed E-state index contributed by atoms with van der Waals surface area (Å²) >= 11 is 0. The lowest BCUT2D eigenvalue weighted by Crippen LogP contribution is -2.46. The Kier molecular flexibility index (Phi) is 14.4. The fourth-order valence-corrected chi connectivity index (χ4v) is 5.57. The molecule has 11 nitrogen and oxygen atoms in total. The van der Waals surface area contributed by atoms with Crippen LogP contribution in [0.25, 0.3) is 0 Å². The first-order chi connectivity index (χ1) is 20.6. The van der Waals surface area contributed by atoms with Crippen molar-refractivity contribution in [2.45, 2.75) is 53.0 Å². The molecule has 2 fully saturated rings. The molecule has 4 amide bonds. The number of hydrogen-bond donors (Lipinski definition) is 3. The first-order valence-electron chi connectivity index (χ1n) is 15.6. The quantitative estimate of drug-likeness (QED) is 0.452. The van der Waals surface area contributed by atoms with E-state index in [1.165, 1.54) is 10.5 Å². The smallest absolute Gasteiger partial charge is 0.249 e. The SMILES string of the molecule is CC(C)(C)CC(=O)NCCN1CC(=O)NCC[C@H]2CN(Cc3ccccc3)CC[C@H]2CC(=O)NCCOCCOCC1=O. The molecule has 0 radical (unpaired) electrons. The normalized spacial score (nSPS) is 22.8. The third kappa shape index (κ3) is 13.9. The number of carbonyl (C=O) groups excluding carboxylic acids is 4. The van der Waals surface area contributed by atoms with Crippen LogP contribution < -0.4 is 16.0 Å². The molecule has 3 rings (SSSR count). The van der Waals surface area contributed by atoms with Gasteiger partial charge in [0, 0.05) is 52.1 Å². The van der Waals surface area contributed by atoms with Crippen LogP contribution in [0.2, 0.25) is 0 Å². The molecule has 2 aliphatic rings. The highest BCUT2D eigenvalue weighted by Crippen LogP contribution is 2.30. The number of hydrogen-bond acceptors (Lipinski definition) is 7. The Morgan fingerprint density at radius 3 is 2.47 bits per heavy atom. The zero-order valence-corrected chi connectivity index (χ0v) is 26.2. The lowest BCUT2D eigenvalue weighted by atomic mass is 9.80. The van der Waals surface area contributed by atoms with Crippen LogP contribution in [0.1, 0.15) is 52.0 Å². The fourth-order valence-electron chi connectivity index (χ4n) is 5.57. The monoisotopic (exact) mass is 601 g/mol. The van der Waals surface area contributed by atoms with Crippen LogP contribution >= 0.6 is 0 Å². The highest BCUT2D eigenvalue weighted by Gasteiger charge is 2.31. The summed E-state index contributed by atoms with van der Waals surface area (Å²) < 4.78 is 11.0. The third-order valence-electron chi connectivity index (χ3n) is 7.76. The van der Waals surface area contributed by atoms with Crippen molar-refractivity contribution in [3.05, 3.63) is 35.9 Å². The summed E-state index contributed by atoms with van der Waals surface area (Å²) in [6.45, 7) is 10.5. The van der Waals surface area contributed by atoms with Gasteiger partial charge in [0.25, 0.3) is 0 Å². The second-order valence-electron chi connectivity index (χ2n) is 12.8. The van der Waals surface area contributed by atoms with Gasteiger partial charge in [-0.1, -0.05) is 51.1 Å². The van der Waals surface area contributed by atoms with Gasteiger partial charge in [-0.15, -0.1) is 0 Å². The van der Waals surface area contributed by atoms with Gasteiger partial charge in [0.2, 0.25) is 23.6 Å². The molecule has 2 saturated heterocycles. The molecule has 11 heteroatoms. The molecule has 0 aliphatic carbocycles. The van der Waals surface area contributed by atoms with Crippen molar-refractivity contribution in [3.8, 4) is 0 Å². The number of nitrogens with zero attached hydrogens (tertiary/aromatic N) is 2. The molecule has 0 aromatic heterocycles. The summed E-state index contributed by atoms with van der Waals surface area (Å²) in [7, 11) is 0. The van der Waals surface area contributed by atoms with E-state index in [9.17, 15) is 19.2 Å². The molecule has 2 heterocycles. The number of carbonyl (C=O) groups is 4. The predicted molar refractivity (Wildman–Crippen MR) is 164 cm³/mol. The number of likely N-dealkylation sites (tertiary alicyclic amines) is 1. The summed E-state index contributed by atoms with van der Waals surface area (Å²) in [6, 6.07) is 10.4. The average molecular weight is 602 g/mol. The Hall–Kier alpha value is -3.02. The predicted octanol–water partition coefficient (Wildman–Crippen LogP) is 1.57. The number of piperidine rings is 1. The van der Waals surface area contributed by atoms with Crippen LogP contribution in [0.3, 0.4) is 0 Å². The largest absolute Gasteiger partial charge is 0.377 e. The van der Waals surface area contributed by atoms with Crippen molar-refractivity contribution in [1.29, 1.82) is 0 Å². The van der Waals surface area contributed by atoms with Gasteiger partial charge in [-0.05, 0) is 42.2 Å². The number of fused-ring (bicyclic) bond motifs is 1. The molecule has 240 valence electrons. The van der Waals surface area contributed by atoms with Crippen LogP contribution in [0.5, 0.6) is 0 Å². The van der Waals surface area contributed by atoms with Gasteiger partial charge in [-0.3, -0.25) is 24.1 Å². The summed E-state index contributed by atoms with van der Waals surface area (Å²) in [4.78, 5) is 54.7. The number of rotatable bonds is 6. The number of amides is 4. The molecular weight excluding hydrogens is 550 g/mol. The maximum atomic E-state index is 13.0. The molecule has 1 aromatic carbocycles. The van der Waals surface area contributed by atoms with Gasteiger partial charge in [0.1, 0.15) is 6.61 Å². The maximum absolute atomic E-state index is 13.0. The van der Waals surface area contributed by atoms with E-state index in [-0.39, 0.29) is 80.3 Å². The van der Waals surface area contributed by atoms with Gasteiger partial charge in [0.05, 0.1) is 26.4 Å². The van der Waals surface area contributed by atoms with Crippen LogP contribution in [0.15, 0.2) is 30.3 Å². The number of ether oxygens (including phenoxy) is 2. The molecule has 0 spiro atoms. The van der Waals surface area contributed by atoms with E-state index in [0.717, 1.165) is 32.5 Å². The number of benzene rings is 1. The minimum Gasteiger partial charge on any atom is -0.377 e. The molecule has 2 atom stereocenters. The Balaban J connectivity index is 1.61. The summed E-state index contributed by atoms with van der Waals surface area (Å²) in [5.41, 5.74) is 1.11. The van der Waals surface area contributed by atoms with Gasteiger partial charge >= 0.3 is 0 Å². The van der Waals surface area contributed by atoms with Crippen LogP contribution in [-0.2, 0) is 35.2 Å². The van der Waals surface area contributed by atoms with Gasteiger partial charge in [-0.25, -0.2) is 0 Å². The van der Waals surface area contributed by atoms with E-state index in [1.807, 2.05) is 39.0 Å². The molecule has 43 heavy (non-hydrogen) atoms. The summed E-state index contributed by atoms with van der Waals surface area (Å²) in [5.74, 6) is -0.201. The van der Waals surface area contributed by atoms with Crippen molar-refractivity contribution in [2.75, 3.05) is 72.2 Å². The fraction of sp³-hybridized carbons (Fsp3) is 0.688. The standard InChI is InChI=1S/C32H51N5O6/c1-32(2,3)20-29(39)34-12-15-37-23-30(40)33-11-9-27-22-36(21-25-7-5-4-6-8-25)14-10-26(27)19-28(38)35-13-16-42-17-18-43-24-31(37)41/h4-8,26-27H,9-24H2,1-3H3,(H,33,40)(H,34,39)(H,35,38)/t26-,27-/m0/s1. The van der Waals surface area contributed by atoms with Crippen molar-refractivity contribution < 1.29 is 28.7 Å². The molecule has 1 aromatic rings. The molecule has 0 saturated carbocycles. The van der Waals surface area contributed by atoms with Crippen LogP contribution in [-0.4, -0.2) is 106 Å². The van der Waals surface area contributed by atoms with E-state index in [0.29, 0.717) is 32.5 Å². The molecular formula is C32H51N5O6. The van der Waals surface area contributed by atoms with Gasteiger partial charge in [-0.2, -0.15) is 0 Å². The van der Waals surface area contributed by atoms with Crippen molar-refractivity contribution >= 4 is 23.6 Å². The highest BCUT2D eigenvalue weighted by atomic mass is 16.5. The Morgan fingerprint density at radius 2 is 1.70 bits per heavy atom. The summed E-state index contributed by atoms with van der Waals surface area (Å²) in [6.07, 6.45) is 2.47. The lowest BCUT2D eigenvalue weighted by Gasteiger charge is -2.38. The van der Waals surface area contributed by atoms with Crippen LogP contribution in [0, 0.1) is 17.3 Å². The number of nitrogens with one attached hydrogen (secondary N) is 3. The van der Waals surface area contributed by atoms with E-state index in [4.69, 9.17) is 9.47 Å². The first-order valence-corrected chi connectivity index (χ1v) is 15.6. The second-order valence-corrected chi connectivity index (χ2v) is 12.8. The van der Waals surface area contributed by atoms with Crippen molar-refractivity contribution in [2.24, 2.45) is 17.3 Å². The Bertz CT molecular complexity index is 1030. The van der Waals surface area contributed by atoms with Crippen molar-refractivity contribution in [1.82, 2.24) is 25.8 Å². The Morgan fingerprint density at radius 1 is 0.953 bits per heavy atom. The van der Waals surface area contributed by atoms with Crippen molar-refractivity contribution in [3.63, 3.8) is 0 Å². The zero-order chi connectivity index (χ0) is 31.1. The lowest BCUT2D eigenvalue weighted by molar-refractivity contribution is -0.140. The van der Waals surface area contributed by atoms with E-state index in [2.05, 4.69) is 33.0 Å². The topological polar surface area (TPSA) is 129 Å². The Labute approximate surface area is 256 Å². The third-order valence-corrected chi connectivity index (χ3v) is 7.76. The van der Waals surface area contributed by atoms with E-state index in [1.54, 1.807) is 0 Å². The minimum atomic E-state index is -0.325. The maximum Gasteiger partial charge on any atom is 0.249 e. The highest BCUT2D eigenvalue weighted by molar-refractivity contribution is 5.85.